The van der Waals surface area contributed by atoms with Gasteiger partial charge in [-0.05, 0) is 51.1 Å². The molecule has 1 aromatic rings. The van der Waals surface area contributed by atoms with Crippen molar-refractivity contribution < 1.29 is 8.42 Å². The quantitative estimate of drug-likeness (QED) is 0.775. The highest BCUT2D eigenvalue weighted by molar-refractivity contribution is 7.91. The number of nitriles is 1. The first-order valence-electron chi connectivity index (χ1n) is 6.87. The van der Waals surface area contributed by atoms with Crippen LogP contribution in [0.3, 0.4) is 0 Å². The average molecular weight is 294 g/mol. The number of benzene rings is 1. The molecule has 0 aliphatic rings. The van der Waals surface area contributed by atoms with Crippen molar-refractivity contribution >= 4 is 9.84 Å². The summed E-state index contributed by atoms with van der Waals surface area (Å²) >= 11 is 0. The third-order valence-corrected chi connectivity index (χ3v) is 4.94. The minimum absolute atomic E-state index is 0.108. The van der Waals surface area contributed by atoms with Crippen molar-refractivity contribution in [3.05, 3.63) is 29.8 Å². The van der Waals surface area contributed by atoms with Gasteiger partial charge < -0.3 is 0 Å². The predicted molar refractivity (Wildman–Crippen MR) is 80.2 cm³/mol. The molecule has 0 bridgehead atoms. The van der Waals surface area contributed by atoms with Crippen molar-refractivity contribution in [1.29, 1.82) is 5.26 Å². The molecule has 0 radical (unpaired) electrons. The van der Waals surface area contributed by atoms with E-state index in [9.17, 15) is 8.42 Å². The average Bonchev–Trinajstić information content (AvgIpc) is 2.43. The Morgan fingerprint density at radius 3 is 2.25 bits per heavy atom. The Balaban J connectivity index is 2.76. The van der Waals surface area contributed by atoms with Gasteiger partial charge >= 0.3 is 0 Å². The normalized spacial score (nSPS) is 11.8. The molecule has 0 aliphatic heterocycles. The molecule has 0 spiro atoms. The van der Waals surface area contributed by atoms with Crippen molar-refractivity contribution in [3.8, 4) is 6.07 Å². The summed E-state index contributed by atoms with van der Waals surface area (Å²) in [7, 11) is -3.28. The van der Waals surface area contributed by atoms with Gasteiger partial charge in [0.15, 0.2) is 9.84 Å². The van der Waals surface area contributed by atoms with Gasteiger partial charge in [-0.3, -0.25) is 4.90 Å². The lowest BCUT2D eigenvalue weighted by molar-refractivity contribution is 0.235. The van der Waals surface area contributed by atoms with E-state index in [0.717, 1.165) is 13.0 Å². The van der Waals surface area contributed by atoms with Crippen LogP contribution in [0.25, 0.3) is 0 Å². The van der Waals surface area contributed by atoms with E-state index in [-0.39, 0.29) is 10.6 Å². The summed E-state index contributed by atoms with van der Waals surface area (Å²) in [6.45, 7) is 7.67. The molecule has 1 rings (SSSR count). The predicted octanol–water partition coefficient (Wildman–Crippen LogP) is 2.45. The SMILES string of the molecule is CCCN(CCS(=O)(=O)c1ccc(C#N)cc1)C(C)C. The van der Waals surface area contributed by atoms with Crippen molar-refractivity contribution in [2.75, 3.05) is 18.8 Å². The molecule has 0 fully saturated rings. The highest BCUT2D eigenvalue weighted by Crippen LogP contribution is 2.13. The van der Waals surface area contributed by atoms with Crippen LogP contribution in [0.4, 0.5) is 0 Å². The summed E-state index contributed by atoms with van der Waals surface area (Å²) in [5, 5.41) is 8.72. The van der Waals surface area contributed by atoms with E-state index in [1.807, 2.05) is 6.07 Å². The molecule has 0 amide bonds. The zero-order valence-electron chi connectivity index (χ0n) is 12.3. The Labute approximate surface area is 121 Å². The van der Waals surface area contributed by atoms with Gasteiger partial charge in [0, 0.05) is 12.6 Å². The van der Waals surface area contributed by atoms with Crippen LogP contribution in [0.1, 0.15) is 32.8 Å². The van der Waals surface area contributed by atoms with Gasteiger partial charge in [0.05, 0.1) is 22.3 Å². The van der Waals surface area contributed by atoms with E-state index in [4.69, 9.17) is 5.26 Å². The molecule has 20 heavy (non-hydrogen) atoms. The second-order valence-electron chi connectivity index (χ2n) is 5.08. The summed E-state index contributed by atoms with van der Waals surface area (Å²) < 4.78 is 24.5. The lowest BCUT2D eigenvalue weighted by atomic mass is 10.2. The third kappa shape index (κ3) is 4.62. The minimum Gasteiger partial charge on any atom is -0.300 e. The molecule has 0 aliphatic carbocycles. The molecule has 0 N–H and O–H groups in total. The van der Waals surface area contributed by atoms with Gasteiger partial charge in [-0.25, -0.2) is 8.42 Å². The molecule has 1 aromatic carbocycles. The molecule has 4 nitrogen and oxygen atoms in total. The highest BCUT2D eigenvalue weighted by Gasteiger charge is 2.17. The zero-order chi connectivity index (χ0) is 15.2. The molecule has 0 atom stereocenters. The maximum atomic E-state index is 12.3. The van der Waals surface area contributed by atoms with E-state index >= 15 is 0 Å². The maximum absolute atomic E-state index is 12.3. The van der Waals surface area contributed by atoms with Crippen LogP contribution in [0.5, 0.6) is 0 Å². The van der Waals surface area contributed by atoms with E-state index in [1.54, 1.807) is 12.1 Å². The molecule has 5 heteroatoms. The van der Waals surface area contributed by atoms with Gasteiger partial charge in [0.1, 0.15) is 0 Å². The summed E-state index contributed by atoms with van der Waals surface area (Å²) in [6, 6.07) is 8.42. The molecule has 110 valence electrons. The second-order valence-corrected chi connectivity index (χ2v) is 7.19. The lowest BCUT2D eigenvalue weighted by Gasteiger charge is -2.25. The van der Waals surface area contributed by atoms with Crippen LogP contribution >= 0.6 is 0 Å². The molecule has 0 aromatic heterocycles. The Bertz CT molecular complexity index is 557. The fraction of sp³-hybridized carbons (Fsp3) is 0.533. The highest BCUT2D eigenvalue weighted by atomic mass is 32.2. The molecule has 0 heterocycles. The Morgan fingerprint density at radius 2 is 1.80 bits per heavy atom. The number of rotatable bonds is 7. The first-order valence-corrected chi connectivity index (χ1v) is 8.53. The summed E-state index contributed by atoms with van der Waals surface area (Å²) in [6.07, 6.45) is 1.01. The van der Waals surface area contributed by atoms with E-state index < -0.39 is 9.84 Å². The van der Waals surface area contributed by atoms with Gasteiger partial charge in [-0.15, -0.1) is 0 Å². The summed E-state index contributed by atoms with van der Waals surface area (Å²) in [5.41, 5.74) is 0.471. The first-order chi connectivity index (χ1) is 9.40. The Kier molecular flexibility index (Phi) is 6.18. The standard InChI is InChI=1S/C15H22N2O2S/c1-4-9-17(13(2)3)10-11-20(18,19)15-7-5-14(12-16)6-8-15/h5-8,13H,4,9-11H2,1-3H3. The summed E-state index contributed by atoms with van der Waals surface area (Å²) in [4.78, 5) is 2.46. The molecular formula is C15H22N2O2S. The van der Waals surface area contributed by atoms with Gasteiger partial charge in [0.25, 0.3) is 0 Å². The Morgan fingerprint density at radius 1 is 1.20 bits per heavy atom. The van der Waals surface area contributed by atoms with Crippen LogP contribution in [0, 0.1) is 11.3 Å². The van der Waals surface area contributed by atoms with Crippen LogP contribution in [-0.4, -0.2) is 38.2 Å². The smallest absolute Gasteiger partial charge is 0.179 e. The third-order valence-electron chi connectivity index (χ3n) is 3.23. The largest absolute Gasteiger partial charge is 0.300 e. The molecular weight excluding hydrogens is 272 g/mol. The number of sulfone groups is 1. The van der Waals surface area contributed by atoms with E-state index in [0.29, 0.717) is 18.2 Å². The minimum atomic E-state index is -3.28. The molecule has 0 saturated heterocycles. The van der Waals surface area contributed by atoms with Gasteiger partial charge in [-0.2, -0.15) is 5.26 Å². The lowest BCUT2D eigenvalue weighted by Crippen LogP contribution is -2.35. The topological polar surface area (TPSA) is 61.2 Å². The van der Waals surface area contributed by atoms with E-state index in [2.05, 4.69) is 25.7 Å². The number of hydrogen-bond donors (Lipinski definition) is 0. The summed E-state index contributed by atoms with van der Waals surface area (Å²) in [5.74, 6) is 0.108. The fourth-order valence-corrected chi connectivity index (χ4v) is 3.27. The number of hydrogen-bond acceptors (Lipinski definition) is 4. The van der Waals surface area contributed by atoms with Crippen LogP contribution in [0.2, 0.25) is 0 Å². The van der Waals surface area contributed by atoms with Crippen LogP contribution < -0.4 is 0 Å². The molecule has 0 unspecified atom stereocenters. The van der Waals surface area contributed by atoms with Crippen molar-refractivity contribution in [3.63, 3.8) is 0 Å². The second kappa shape index (κ2) is 7.41. The van der Waals surface area contributed by atoms with Crippen molar-refractivity contribution in [1.82, 2.24) is 4.90 Å². The van der Waals surface area contributed by atoms with Crippen LogP contribution in [-0.2, 0) is 9.84 Å². The maximum Gasteiger partial charge on any atom is 0.179 e. The fourth-order valence-electron chi connectivity index (χ4n) is 2.01. The molecule has 0 saturated carbocycles. The first kappa shape index (κ1) is 16.7. The monoisotopic (exact) mass is 294 g/mol. The van der Waals surface area contributed by atoms with Gasteiger partial charge in [0.2, 0.25) is 0 Å². The number of nitrogens with zero attached hydrogens (tertiary/aromatic N) is 2. The van der Waals surface area contributed by atoms with Crippen molar-refractivity contribution in [2.24, 2.45) is 0 Å². The van der Waals surface area contributed by atoms with Crippen LogP contribution in [0.15, 0.2) is 29.2 Å². The van der Waals surface area contributed by atoms with Gasteiger partial charge in [-0.1, -0.05) is 6.92 Å². The Hall–Kier alpha value is -1.38. The van der Waals surface area contributed by atoms with E-state index in [1.165, 1.54) is 12.1 Å². The van der Waals surface area contributed by atoms with Crippen molar-refractivity contribution in [2.45, 2.75) is 38.1 Å². The zero-order valence-corrected chi connectivity index (χ0v) is 13.2.